The van der Waals surface area contributed by atoms with Crippen molar-refractivity contribution in [2.45, 2.75) is 49.0 Å². The average Bonchev–Trinajstić information content (AvgIpc) is 3.04. The van der Waals surface area contributed by atoms with E-state index in [-0.39, 0.29) is 17.0 Å². The van der Waals surface area contributed by atoms with Gasteiger partial charge in [-0.2, -0.15) is 0 Å². The number of hydrogen-bond donors (Lipinski definition) is 4. The van der Waals surface area contributed by atoms with Gasteiger partial charge < -0.3 is 25.3 Å². The third kappa shape index (κ3) is 7.75. The molecule has 9 heteroatoms. The number of aliphatic carboxylic acids is 2. The zero-order chi connectivity index (χ0) is 31.6. The number of carboxylic acids is 2. The molecule has 3 aromatic carbocycles. The third-order valence-electron chi connectivity index (χ3n) is 8.38. The minimum absolute atomic E-state index is 0.0245. The van der Waals surface area contributed by atoms with Crippen LogP contribution in [0, 0.1) is 0 Å². The fourth-order valence-corrected chi connectivity index (χ4v) is 5.71. The summed E-state index contributed by atoms with van der Waals surface area (Å²) in [6.07, 6.45) is 2.88. The maximum Gasteiger partial charge on any atom is 0.335 e. The molecule has 4 N–H and O–H groups in total. The second kappa shape index (κ2) is 14.7. The van der Waals surface area contributed by atoms with Crippen LogP contribution in [0.1, 0.15) is 42.4 Å². The smallest absolute Gasteiger partial charge is 0.335 e. The molecule has 2 atom stereocenters. The summed E-state index contributed by atoms with van der Waals surface area (Å²) < 4.78 is 0. The number of nitrogens with zero attached hydrogens (tertiary/aromatic N) is 2. The number of rotatable bonds is 9. The van der Waals surface area contributed by atoms with Crippen molar-refractivity contribution in [2.75, 3.05) is 21.1 Å². The number of carboxylic acid groups (broad SMARTS) is 2. The van der Waals surface area contributed by atoms with Gasteiger partial charge in [-0.15, -0.1) is 0 Å². The van der Waals surface area contributed by atoms with Gasteiger partial charge in [-0.3, -0.25) is 9.69 Å². The Kier molecular flexibility index (Phi) is 11.4. The summed E-state index contributed by atoms with van der Waals surface area (Å²) in [5.74, 6) is -3.50. The Bertz CT molecular complexity index is 1350. The van der Waals surface area contributed by atoms with E-state index in [1.807, 2.05) is 54.4 Å². The van der Waals surface area contributed by atoms with Crippen LogP contribution in [0.25, 0.3) is 6.08 Å². The Labute approximate surface area is 252 Å². The van der Waals surface area contributed by atoms with Crippen molar-refractivity contribution in [3.63, 3.8) is 0 Å². The summed E-state index contributed by atoms with van der Waals surface area (Å²) in [6.45, 7) is 0. The second-order valence-electron chi connectivity index (χ2n) is 10.9. The van der Waals surface area contributed by atoms with Gasteiger partial charge in [0.25, 0.3) is 0 Å². The molecule has 0 radical (unpaired) electrons. The first kappa shape index (κ1) is 33.2. The molecule has 228 valence electrons. The molecule has 0 heterocycles. The molecule has 0 aliphatic heterocycles. The Morgan fingerprint density at radius 2 is 1.02 bits per heavy atom. The lowest BCUT2D eigenvalue weighted by Crippen LogP contribution is -2.54. The molecule has 1 fully saturated rings. The zero-order valence-electron chi connectivity index (χ0n) is 24.7. The van der Waals surface area contributed by atoms with Crippen LogP contribution in [-0.4, -0.2) is 81.4 Å². The van der Waals surface area contributed by atoms with Crippen LogP contribution in [0.3, 0.4) is 0 Å². The number of aliphatic hydroxyl groups excluding tert-OH is 2. The molecule has 0 saturated heterocycles. The molecular formula is C34H40N2O7. The van der Waals surface area contributed by atoms with E-state index in [2.05, 4.69) is 73.6 Å². The van der Waals surface area contributed by atoms with Crippen LogP contribution in [0.15, 0.2) is 97.1 Å². The van der Waals surface area contributed by atoms with Gasteiger partial charge in [0.15, 0.2) is 12.2 Å². The van der Waals surface area contributed by atoms with Crippen LogP contribution >= 0.6 is 0 Å². The summed E-state index contributed by atoms with van der Waals surface area (Å²) >= 11 is 0. The van der Waals surface area contributed by atoms with Crippen molar-refractivity contribution in [1.29, 1.82) is 0 Å². The molecule has 1 saturated carbocycles. The molecule has 1 aliphatic carbocycles. The van der Waals surface area contributed by atoms with E-state index in [4.69, 9.17) is 20.4 Å². The molecule has 0 aromatic heterocycles. The van der Waals surface area contributed by atoms with Crippen molar-refractivity contribution >= 4 is 23.9 Å². The maximum atomic E-state index is 13.4. The van der Waals surface area contributed by atoms with Crippen LogP contribution in [0.2, 0.25) is 0 Å². The van der Waals surface area contributed by atoms with Crippen molar-refractivity contribution in [1.82, 2.24) is 9.80 Å². The van der Waals surface area contributed by atoms with Gasteiger partial charge in [-0.1, -0.05) is 91.0 Å². The lowest BCUT2D eigenvalue weighted by Gasteiger charge is -2.53. The Hall–Kier alpha value is -4.31. The van der Waals surface area contributed by atoms with Gasteiger partial charge >= 0.3 is 11.9 Å². The fourth-order valence-electron chi connectivity index (χ4n) is 5.71. The summed E-state index contributed by atoms with van der Waals surface area (Å²) in [7, 11) is 6.33. The van der Waals surface area contributed by atoms with E-state index >= 15 is 0 Å². The maximum absolute atomic E-state index is 13.4. The lowest BCUT2D eigenvalue weighted by molar-refractivity contribution is -0.165. The first-order valence-electron chi connectivity index (χ1n) is 14.1. The van der Waals surface area contributed by atoms with E-state index in [0.717, 1.165) is 31.2 Å². The van der Waals surface area contributed by atoms with Crippen molar-refractivity contribution in [3.8, 4) is 0 Å². The molecule has 1 aliphatic rings. The van der Waals surface area contributed by atoms with E-state index in [9.17, 15) is 14.4 Å². The molecule has 3 aromatic rings. The second-order valence-corrected chi connectivity index (χ2v) is 10.9. The number of amides is 1. The monoisotopic (exact) mass is 588 g/mol. The van der Waals surface area contributed by atoms with E-state index < -0.39 is 24.1 Å². The lowest BCUT2D eigenvalue weighted by atomic mass is 9.66. The zero-order valence-corrected chi connectivity index (χ0v) is 24.7. The van der Waals surface area contributed by atoms with Crippen molar-refractivity contribution in [2.24, 2.45) is 0 Å². The number of carbonyl (C=O) groups is 3. The van der Waals surface area contributed by atoms with Crippen LogP contribution < -0.4 is 0 Å². The molecule has 0 spiro atoms. The summed E-state index contributed by atoms with van der Waals surface area (Å²) in [5, 5.41) is 32.5. The number of carbonyl (C=O) groups excluding carboxylic acids is 1. The van der Waals surface area contributed by atoms with Crippen molar-refractivity contribution in [3.05, 3.63) is 114 Å². The average molecular weight is 589 g/mol. The number of hydrogen-bond acceptors (Lipinski definition) is 6. The van der Waals surface area contributed by atoms with Gasteiger partial charge in [-0.25, -0.2) is 9.59 Å². The highest BCUT2D eigenvalue weighted by molar-refractivity contribution is 5.92. The quantitative estimate of drug-likeness (QED) is 0.276. The van der Waals surface area contributed by atoms with Gasteiger partial charge in [0.2, 0.25) is 5.91 Å². The normalized spacial score (nSPS) is 21.3. The van der Waals surface area contributed by atoms with Gasteiger partial charge in [0.1, 0.15) is 0 Å². The first-order chi connectivity index (χ1) is 20.4. The minimum atomic E-state index is -2.27. The topological polar surface area (TPSA) is 139 Å². The molecule has 43 heavy (non-hydrogen) atoms. The summed E-state index contributed by atoms with van der Waals surface area (Å²) in [5.41, 5.74) is 3.26. The standard InChI is InChI=1S/C30H34N2O.C4H6O6/c1-31(2)29(26-15-9-5-10-16-26)21-23-30(24-22-29,27-17-11-6-12-18-27)32(3)28(33)20-19-25-13-7-4-8-14-25;5-1(3(7)8)2(6)4(9)10/h4-20H,21-24H2,1-3H3;1-2,5-6H,(H,7,8)(H,9,10)/b20-19+;/t;1-,2+. The molecular weight excluding hydrogens is 548 g/mol. The number of likely N-dealkylation sites (N-methyl/N-ethyl adjacent to an activating group) is 1. The van der Waals surface area contributed by atoms with Crippen LogP contribution in [0.5, 0.6) is 0 Å². The highest BCUT2D eigenvalue weighted by Crippen LogP contribution is 2.50. The molecule has 0 bridgehead atoms. The van der Waals surface area contributed by atoms with Gasteiger partial charge in [0, 0.05) is 18.7 Å². The van der Waals surface area contributed by atoms with Gasteiger partial charge in [0.05, 0.1) is 5.54 Å². The summed E-state index contributed by atoms with van der Waals surface area (Å²) in [6, 6.07) is 31.4. The predicted molar refractivity (Wildman–Crippen MR) is 164 cm³/mol. The minimum Gasteiger partial charge on any atom is -0.479 e. The largest absolute Gasteiger partial charge is 0.479 e. The number of aliphatic hydroxyl groups is 2. The SMILES string of the molecule is CN(C)C1(c2ccccc2)CCC(c2ccccc2)(N(C)C(=O)/C=C/c2ccccc2)CC1.O=C(O)[C@@H](O)[C@@H](O)C(=O)O. The third-order valence-corrected chi connectivity index (χ3v) is 8.38. The predicted octanol–water partition coefficient (Wildman–Crippen LogP) is 3.96. The Morgan fingerprint density at radius 1 is 0.651 bits per heavy atom. The van der Waals surface area contributed by atoms with E-state index in [0.29, 0.717) is 0 Å². The fraction of sp³-hybridized carbons (Fsp3) is 0.324. The molecule has 4 rings (SSSR count). The van der Waals surface area contributed by atoms with Crippen molar-refractivity contribution < 1.29 is 34.8 Å². The Balaban J connectivity index is 0.000000436. The van der Waals surface area contributed by atoms with E-state index in [1.54, 1.807) is 6.08 Å². The molecule has 1 amide bonds. The Morgan fingerprint density at radius 3 is 1.42 bits per heavy atom. The van der Waals surface area contributed by atoms with Gasteiger partial charge in [-0.05, 0) is 62.5 Å². The highest BCUT2D eigenvalue weighted by atomic mass is 16.4. The molecule has 0 unspecified atom stereocenters. The number of benzene rings is 3. The first-order valence-corrected chi connectivity index (χ1v) is 14.1. The van der Waals surface area contributed by atoms with E-state index in [1.165, 1.54) is 11.1 Å². The van der Waals surface area contributed by atoms with Crippen LogP contribution in [0.4, 0.5) is 0 Å². The van der Waals surface area contributed by atoms with Crippen LogP contribution in [-0.2, 0) is 25.5 Å². The molecule has 9 nitrogen and oxygen atoms in total. The highest BCUT2D eigenvalue weighted by Gasteiger charge is 2.48. The summed E-state index contributed by atoms with van der Waals surface area (Å²) in [4.78, 5) is 37.3.